The molecule has 5 aromatic rings. The van der Waals surface area contributed by atoms with E-state index in [1.165, 1.54) is 0 Å². The zero-order valence-corrected chi connectivity index (χ0v) is 33.0. The van der Waals surface area contributed by atoms with Gasteiger partial charge < -0.3 is 16.0 Å². The van der Waals surface area contributed by atoms with E-state index >= 15 is 0 Å². The van der Waals surface area contributed by atoms with Crippen molar-refractivity contribution in [2.75, 3.05) is 5.75 Å². The van der Waals surface area contributed by atoms with Gasteiger partial charge in [-0.25, -0.2) is 8.42 Å². The van der Waals surface area contributed by atoms with Gasteiger partial charge in [-0.2, -0.15) is 5.26 Å². The number of amides is 3. The number of hydrogen-bond donors (Lipinski definition) is 3. The zero-order valence-electron chi connectivity index (χ0n) is 32.2. The van der Waals surface area contributed by atoms with E-state index < -0.39 is 21.7 Å². The van der Waals surface area contributed by atoms with E-state index in [1.54, 1.807) is 48.5 Å². The number of nitrogens with zero attached hydrogens (tertiary/aromatic N) is 1. The molecule has 0 aromatic heterocycles. The molecule has 0 unspecified atom stereocenters. The first-order valence-electron chi connectivity index (χ1n) is 19.3. The molecule has 6 bridgehead atoms. The molecule has 58 heavy (non-hydrogen) atoms. The molecule has 3 N–H and O–H groups in total. The number of carbonyl (C=O) groups excluding carboxylic acids is 4. The lowest BCUT2D eigenvalue weighted by molar-refractivity contribution is -0.130. The highest BCUT2D eigenvalue weighted by Gasteiger charge is 2.31. The minimum Gasteiger partial charge on any atom is -0.352 e. The molecule has 0 radical (unpaired) electrons. The average molecular weight is 795 g/mol. The normalized spacial score (nSPS) is 16.9. The van der Waals surface area contributed by atoms with Crippen LogP contribution in [-0.4, -0.2) is 37.7 Å². The lowest BCUT2D eigenvalue weighted by Gasteiger charge is -2.21. The van der Waals surface area contributed by atoms with E-state index in [2.05, 4.69) is 22.0 Å². The van der Waals surface area contributed by atoms with E-state index in [0.29, 0.717) is 11.1 Å². The summed E-state index contributed by atoms with van der Waals surface area (Å²) < 4.78 is 27.3. The fourth-order valence-electron chi connectivity index (χ4n) is 7.06. The SMILES string of the molecule is N#Cc1ccc(CNC(=O)[C@H]2CC(=O)[C@H](CS(=O)(=O)Cc3ccccc3)Cc3ccc(cc3)CNC(=O)Cc3cccc(c3)CC(=O)NCc3ccc(cc3)C2)cc1. The van der Waals surface area contributed by atoms with Crippen molar-refractivity contribution in [3.63, 3.8) is 0 Å². The van der Waals surface area contributed by atoms with Gasteiger partial charge in [0, 0.05) is 37.9 Å². The number of nitrogens with one attached hydrogen (secondary N) is 3. The molecule has 3 aliphatic heterocycles. The maximum Gasteiger partial charge on any atom is 0.224 e. The first kappa shape index (κ1) is 41.3. The standard InChI is InChI=1S/C47H46N4O6S/c48-27-35-13-19-38(20-14-35)30-51-47(55)42-22-33-9-15-36(16-10-33)28-49-45(53)24-40-7-4-8-41(21-40)25-46(54)50-29-37-17-11-34(12-18-37)23-43(44(52)26-42)32-58(56,57)31-39-5-2-1-3-6-39/h1-21,42-43H,22-26,28-32H2,(H,49,53)(H,50,54)(H,51,55)/t42-,43+/m1/s1. The van der Waals surface area contributed by atoms with Crippen LogP contribution in [0.25, 0.3) is 0 Å². The van der Waals surface area contributed by atoms with E-state index in [1.807, 2.05) is 78.9 Å². The number of carbonyl (C=O) groups is 4. The molecular weight excluding hydrogens is 749 g/mol. The van der Waals surface area contributed by atoms with Gasteiger partial charge in [-0.1, -0.05) is 115 Å². The van der Waals surface area contributed by atoms with E-state index in [9.17, 15) is 32.9 Å². The molecule has 8 rings (SSSR count). The second kappa shape index (κ2) is 19.7. The van der Waals surface area contributed by atoms with Crippen LogP contribution in [0.15, 0.2) is 127 Å². The van der Waals surface area contributed by atoms with Crippen LogP contribution in [0.3, 0.4) is 0 Å². The number of fused-ring (bicyclic) bond motifs is 2. The van der Waals surface area contributed by atoms with E-state index in [-0.39, 0.29) is 86.7 Å². The largest absolute Gasteiger partial charge is 0.352 e. The summed E-state index contributed by atoms with van der Waals surface area (Å²) in [6.07, 6.45) is 0.484. The third kappa shape index (κ3) is 12.6. The summed E-state index contributed by atoms with van der Waals surface area (Å²) in [5.41, 5.74) is 6.72. The Morgan fingerprint density at radius 1 is 0.638 bits per heavy atom. The summed E-state index contributed by atoms with van der Waals surface area (Å²) in [7, 11) is -3.75. The van der Waals surface area contributed by atoms with Crippen LogP contribution in [0.4, 0.5) is 0 Å². The molecule has 10 nitrogen and oxygen atoms in total. The first-order chi connectivity index (χ1) is 28.0. The molecule has 3 aliphatic rings. The summed E-state index contributed by atoms with van der Waals surface area (Å²) >= 11 is 0. The lowest BCUT2D eigenvalue weighted by Crippen LogP contribution is -2.35. The van der Waals surface area contributed by atoms with Gasteiger partial charge in [-0.15, -0.1) is 0 Å². The minimum atomic E-state index is -3.75. The summed E-state index contributed by atoms with van der Waals surface area (Å²) in [6.45, 7) is 0.737. The fourth-order valence-corrected chi connectivity index (χ4v) is 8.79. The van der Waals surface area contributed by atoms with Gasteiger partial charge in [-0.3, -0.25) is 19.2 Å². The highest BCUT2D eigenvalue weighted by Crippen LogP contribution is 2.23. The van der Waals surface area contributed by atoms with Crippen LogP contribution in [0.5, 0.6) is 0 Å². The second-order valence-corrected chi connectivity index (χ2v) is 17.0. The Hall–Kier alpha value is -6.38. The van der Waals surface area contributed by atoms with Gasteiger partial charge in [0.05, 0.1) is 36.0 Å². The van der Waals surface area contributed by atoms with Gasteiger partial charge in [0.15, 0.2) is 9.84 Å². The van der Waals surface area contributed by atoms with Crippen LogP contribution >= 0.6 is 0 Å². The highest BCUT2D eigenvalue weighted by molar-refractivity contribution is 7.90. The molecule has 0 saturated heterocycles. The predicted octanol–water partition coefficient (Wildman–Crippen LogP) is 5.50. The van der Waals surface area contributed by atoms with Crippen molar-refractivity contribution in [3.05, 3.63) is 177 Å². The molecule has 3 heterocycles. The van der Waals surface area contributed by atoms with Crippen LogP contribution in [0.2, 0.25) is 0 Å². The fraction of sp³-hybridized carbons (Fsp3) is 0.255. The average Bonchev–Trinajstić information content (AvgIpc) is 3.22. The summed E-state index contributed by atoms with van der Waals surface area (Å²) in [5.74, 6) is -3.38. The molecule has 0 spiro atoms. The van der Waals surface area contributed by atoms with E-state index in [4.69, 9.17) is 0 Å². The zero-order chi connectivity index (χ0) is 40.9. The molecular formula is C47H46N4O6S. The van der Waals surface area contributed by atoms with Crippen LogP contribution in [-0.2, 0) is 80.1 Å². The third-order valence-electron chi connectivity index (χ3n) is 10.2. The molecule has 5 aromatic carbocycles. The quantitative estimate of drug-likeness (QED) is 0.196. The smallest absolute Gasteiger partial charge is 0.224 e. The molecule has 2 atom stereocenters. The molecule has 296 valence electrons. The van der Waals surface area contributed by atoms with Crippen molar-refractivity contribution in [1.82, 2.24) is 16.0 Å². The Bertz CT molecular complexity index is 2370. The molecule has 0 fully saturated rings. The number of Topliss-reactive ketones (excluding diaryl/α,β-unsaturated/α-hetero) is 1. The van der Waals surface area contributed by atoms with Crippen LogP contribution in [0.1, 0.15) is 56.5 Å². The second-order valence-electron chi connectivity index (χ2n) is 14.9. The van der Waals surface area contributed by atoms with Crippen molar-refractivity contribution in [2.45, 2.75) is 57.5 Å². The molecule has 11 heteroatoms. The van der Waals surface area contributed by atoms with Crippen molar-refractivity contribution in [1.29, 1.82) is 5.26 Å². The number of ketones is 1. The van der Waals surface area contributed by atoms with Gasteiger partial charge in [0.25, 0.3) is 0 Å². The van der Waals surface area contributed by atoms with Crippen molar-refractivity contribution in [2.24, 2.45) is 11.8 Å². The minimum absolute atomic E-state index is 0.148. The Morgan fingerprint density at radius 2 is 1.19 bits per heavy atom. The Kier molecular flexibility index (Phi) is 14.0. The van der Waals surface area contributed by atoms with Gasteiger partial charge in [-0.05, 0) is 69.5 Å². The number of hydrogen-bond acceptors (Lipinski definition) is 7. The highest BCUT2D eigenvalue weighted by atomic mass is 32.2. The maximum atomic E-state index is 14.4. The monoisotopic (exact) mass is 794 g/mol. The third-order valence-corrected chi connectivity index (χ3v) is 11.9. The van der Waals surface area contributed by atoms with Crippen LogP contribution in [0, 0.1) is 23.2 Å². The topological polar surface area (TPSA) is 162 Å². The number of sulfone groups is 1. The number of rotatable bonds is 7. The van der Waals surface area contributed by atoms with Crippen LogP contribution < -0.4 is 16.0 Å². The lowest BCUT2D eigenvalue weighted by atomic mass is 9.87. The van der Waals surface area contributed by atoms with Gasteiger partial charge in [0.1, 0.15) is 5.78 Å². The van der Waals surface area contributed by atoms with Gasteiger partial charge in [0.2, 0.25) is 17.7 Å². The first-order valence-corrected chi connectivity index (χ1v) is 21.1. The summed E-state index contributed by atoms with van der Waals surface area (Å²) in [5, 5.41) is 18.0. The predicted molar refractivity (Wildman–Crippen MR) is 221 cm³/mol. The van der Waals surface area contributed by atoms with Gasteiger partial charge >= 0.3 is 0 Å². The number of nitriles is 1. The Labute approximate surface area is 339 Å². The van der Waals surface area contributed by atoms with E-state index in [0.717, 1.165) is 38.9 Å². The summed E-state index contributed by atoms with van der Waals surface area (Å²) in [4.78, 5) is 54.1. The summed E-state index contributed by atoms with van der Waals surface area (Å²) in [6, 6.07) is 40.0. The Morgan fingerprint density at radius 3 is 1.76 bits per heavy atom. The van der Waals surface area contributed by atoms with Crippen molar-refractivity contribution >= 4 is 33.3 Å². The molecule has 0 saturated carbocycles. The molecule has 0 aliphatic carbocycles. The maximum absolute atomic E-state index is 14.4. The molecule has 3 amide bonds. The Balaban J connectivity index is 1.28. The van der Waals surface area contributed by atoms with Crippen molar-refractivity contribution < 1.29 is 27.6 Å². The van der Waals surface area contributed by atoms with Crippen molar-refractivity contribution in [3.8, 4) is 6.07 Å². The number of benzene rings is 5.